The number of fused-ring (bicyclic) bond motifs is 1. The normalized spacial score (nSPS) is 21.7. The first-order valence-electron chi connectivity index (χ1n) is 8.57. The maximum atomic E-state index is 14.7. The Kier molecular flexibility index (Phi) is 5.46. The predicted molar refractivity (Wildman–Crippen MR) is 99.9 cm³/mol. The molecule has 28 heavy (non-hydrogen) atoms. The molecule has 0 saturated carbocycles. The summed E-state index contributed by atoms with van der Waals surface area (Å²) < 4.78 is 24.7. The maximum Gasteiger partial charge on any atom is 0.338 e. The van der Waals surface area contributed by atoms with Crippen LogP contribution in [0.3, 0.4) is 0 Å². The summed E-state index contributed by atoms with van der Waals surface area (Å²) in [6, 6.07) is 5.75. The molecule has 0 aliphatic carbocycles. The second-order valence-corrected chi connectivity index (χ2v) is 7.45. The van der Waals surface area contributed by atoms with Gasteiger partial charge in [-0.25, -0.2) is 14.0 Å². The summed E-state index contributed by atoms with van der Waals surface area (Å²) in [6.07, 6.45) is 0. The van der Waals surface area contributed by atoms with Crippen LogP contribution in [-0.4, -0.2) is 41.7 Å². The molecular weight excluding hydrogens is 387 g/mol. The van der Waals surface area contributed by atoms with E-state index in [0.29, 0.717) is 0 Å². The van der Waals surface area contributed by atoms with Crippen molar-refractivity contribution in [1.82, 2.24) is 4.90 Å². The summed E-state index contributed by atoms with van der Waals surface area (Å²) in [5.41, 5.74) is 6.04. The van der Waals surface area contributed by atoms with Gasteiger partial charge in [0.15, 0.2) is 0 Å². The SMILES string of the molecule is CCOC(=O)C1=C2SC(C)C(=O)N2C(N)=C(C(=O)OC)C1c1ccccc1F. The smallest absolute Gasteiger partial charge is 0.338 e. The number of halogens is 1. The highest BCUT2D eigenvalue weighted by Gasteiger charge is 2.49. The zero-order valence-electron chi connectivity index (χ0n) is 15.5. The minimum absolute atomic E-state index is 0.00995. The van der Waals surface area contributed by atoms with Crippen LogP contribution >= 0.6 is 11.8 Å². The van der Waals surface area contributed by atoms with E-state index in [0.717, 1.165) is 23.8 Å². The van der Waals surface area contributed by atoms with Gasteiger partial charge in [-0.3, -0.25) is 9.69 Å². The summed E-state index contributed by atoms with van der Waals surface area (Å²) in [7, 11) is 1.15. The zero-order valence-corrected chi connectivity index (χ0v) is 16.3. The highest BCUT2D eigenvalue weighted by Crippen LogP contribution is 2.50. The summed E-state index contributed by atoms with van der Waals surface area (Å²) in [5, 5.41) is -0.286. The molecule has 1 aromatic rings. The number of esters is 2. The van der Waals surface area contributed by atoms with Crippen LogP contribution in [-0.2, 0) is 23.9 Å². The lowest BCUT2D eigenvalue weighted by Gasteiger charge is -2.33. The molecule has 0 radical (unpaired) electrons. The summed E-state index contributed by atoms with van der Waals surface area (Å²) in [5.74, 6) is -3.95. The van der Waals surface area contributed by atoms with Crippen LogP contribution in [0.5, 0.6) is 0 Å². The lowest BCUT2D eigenvalue weighted by atomic mass is 9.82. The Bertz CT molecular complexity index is 927. The number of nitrogens with two attached hydrogens (primary N) is 1. The molecule has 2 aliphatic heterocycles. The van der Waals surface area contributed by atoms with Crippen LogP contribution < -0.4 is 5.73 Å². The number of hydrogen-bond donors (Lipinski definition) is 1. The van der Waals surface area contributed by atoms with E-state index in [9.17, 15) is 18.8 Å². The first kappa shape index (κ1) is 19.9. The van der Waals surface area contributed by atoms with Gasteiger partial charge in [0, 0.05) is 5.56 Å². The third-order valence-electron chi connectivity index (χ3n) is 4.50. The first-order valence-corrected chi connectivity index (χ1v) is 9.45. The Morgan fingerprint density at radius 1 is 1.25 bits per heavy atom. The minimum Gasteiger partial charge on any atom is -0.466 e. The fraction of sp³-hybridized carbons (Fsp3) is 0.316. The number of benzene rings is 1. The Morgan fingerprint density at radius 2 is 1.93 bits per heavy atom. The molecule has 3 rings (SSSR count). The Hall–Kier alpha value is -2.81. The Labute approximate surface area is 165 Å². The second kappa shape index (κ2) is 7.67. The number of hydrogen-bond acceptors (Lipinski definition) is 7. The van der Waals surface area contributed by atoms with Crippen LogP contribution in [0.25, 0.3) is 0 Å². The van der Waals surface area contributed by atoms with Gasteiger partial charge >= 0.3 is 11.9 Å². The van der Waals surface area contributed by atoms with Gasteiger partial charge < -0.3 is 15.2 Å². The monoisotopic (exact) mass is 406 g/mol. The van der Waals surface area contributed by atoms with Crippen LogP contribution in [0.1, 0.15) is 25.3 Å². The third-order valence-corrected chi connectivity index (χ3v) is 5.68. The third kappa shape index (κ3) is 3.05. The van der Waals surface area contributed by atoms with Crippen molar-refractivity contribution < 1.29 is 28.2 Å². The number of ether oxygens (including phenoxy) is 2. The van der Waals surface area contributed by atoms with E-state index >= 15 is 0 Å². The van der Waals surface area contributed by atoms with Gasteiger partial charge in [0.1, 0.15) is 11.6 Å². The molecule has 0 aromatic heterocycles. The molecule has 2 N–H and O–H groups in total. The Balaban J connectivity index is 2.34. The lowest BCUT2D eigenvalue weighted by Crippen LogP contribution is -2.40. The van der Waals surface area contributed by atoms with Gasteiger partial charge in [0.25, 0.3) is 0 Å². The fourth-order valence-electron chi connectivity index (χ4n) is 3.27. The van der Waals surface area contributed by atoms with Gasteiger partial charge in [-0.1, -0.05) is 30.0 Å². The van der Waals surface area contributed by atoms with Crippen molar-refractivity contribution in [2.75, 3.05) is 13.7 Å². The lowest BCUT2D eigenvalue weighted by molar-refractivity contribution is -0.139. The minimum atomic E-state index is -1.16. The molecule has 7 nitrogen and oxygen atoms in total. The standard InChI is InChI=1S/C19H19FN2O5S/c1-4-27-19(25)14-12(10-7-5-6-8-11(10)20)13(18(24)26-3)15(21)22-16(23)9(2)28-17(14)22/h5-9,12H,4,21H2,1-3H3. The van der Waals surface area contributed by atoms with Crippen LogP contribution in [0.4, 0.5) is 4.39 Å². The van der Waals surface area contributed by atoms with Crippen molar-refractivity contribution in [3.8, 4) is 0 Å². The van der Waals surface area contributed by atoms with Crippen molar-refractivity contribution >= 4 is 29.6 Å². The molecule has 1 amide bonds. The Morgan fingerprint density at radius 3 is 2.54 bits per heavy atom. The van der Waals surface area contributed by atoms with E-state index in [-0.39, 0.29) is 40.1 Å². The molecule has 2 aliphatic rings. The van der Waals surface area contributed by atoms with E-state index in [4.69, 9.17) is 15.2 Å². The van der Waals surface area contributed by atoms with E-state index in [1.807, 2.05) is 0 Å². The summed E-state index contributed by atoms with van der Waals surface area (Å²) in [4.78, 5) is 39.2. The van der Waals surface area contributed by atoms with Crippen LogP contribution in [0.15, 0.2) is 46.3 Å². The highest BCUT2D eigenvalue weighted by atomic mass is 32.2. The fourth-order valence-corrected chi connectivity index (χ4v) is 4.43. The van der Waals surface area contributed by atoms with Crippen molar-refractivity contribution in [2.45, 2.75) is 25.0 Å². The van der Waals surface area contributed by atoms with Crippen molar-refractivity contribution in [3.05, 3.63) is 57.6 Å². The molecule has 148 valence electrons. The molecule has 9 heteroatoms. The first-order chi connectivity index (χ1) is 13.3. The molecule has 0 bridgehead atoms. The van der Waals surface area contributed by atoms with E-state index in [1.54, 1.807) is 19.9 Å². The van der Waals surface area contributed by atoms with Gasteiger partial charge in [-0.15, -0.1) is 0 Å². The maximum absolute atomic E-state index is 14.7. The number of thioether (sulfide) groups is 1. The average Bonchev–Trinajstić information content (AvgIpc) is 2.96. The van der Waals surface area contributed by atoms with Gasteiger partial charge in [-0.05, 0) is 19.9 Å². The molecular formula is C19H19FN2O5S. The topological polar surface area (TPSA) is 98.9 Å². The average molecular weight is 406 g/mol. The summed E-state index contributed by atoms with van der Waals surface area (Å²) in [6.45, 7) is 3.35. The molecule has 2 atom stereocenters. The molecule has 2 heterocycles. The summed E-state index contributed by atoms with van der Waals surface area (Å²) >= 11 is 1.12. The van der Waals surface area contributed by atoms with E-state index in [1.165, 1.54) is 18.2 Å². The van der Waals surface area contributed by atoms with Crippen LogP contribution in [0.2, 0.25) is 0 Å². The van der Waals surface area contributed by atoms with Crippen LogP contribution in [0, 0.1) is 5.82 Å². The zero-order chi connectivity index (χ0) is 20.6. The van der Waals surface area contributed by atoms with Gasteiger partial charge in [0.2, 0.25) is 5.91 Å². The van der Waals surface area contributed by atoms with E-state index in [2.05, 4.69) is 0 Å². The largest absolute Gasteiger partial charge is 0.466 e. The quantitative estimate of drug-likeness (QED) is 0.764. The second-order valence-electron chi connectivity index (χ2n) is 6.12. The molecule has 1 saturated heterocycles. The van der Waals surface area contributed by atoms with Gasteiger partial charge in [0.05, 0.1) is 41.1 Å². The number of nitrogens with zero attached hydrogens (tertiary/aromatic N) is 1. The number of amides is 1. The predicted octanol–water partition coefficient (Wildman–Crippen LogP) is 2.00. The number of rotatable bonds is 4. The molecule has 1 fully saturated rings. The van der Waals surface area contributed by atoms with E-state index < -0.39 is 28.9 Å². The number of carbonyl (C=O) groups is 3. The number of methoxy groups -OCH3 is 1. The van der Waals surface area contributed by atoms with Gasteiger partial charge in [-0.2, -0.15) is 0 Å². The van der Waals surface area contributed by atoms with Crippen molar-refractivity contribution in [2.24, 2.45) is 5.73 Å². The van der Waals surface area contributed by atoms with Crippen molar-refractivity contribution in [3.63, 3.8) is 0 Å². The molecule has 2 unspecified atom stereocenters. The molecule has 1 aromatic carbocycles. The highest BCUT2D eigenvalue weighted by molar-refractivity contribution is 8.04. The van der Waals surface area contributed by atoms with Crippen molar-refractivity contribution in [1.29, 1.82) is 0 Å². The molecule has 0 spiro atoms. The number of carbonyl (C=O) groups excluding carboxylic acids is 3.